The molecule has 0 radical (unpaired) electrons. The van der Waals surface area contributed by atoms with Gasteiger partial charge in [-0.3, -0.25) is 4.79 Å². The van der Waals surface area contributed by atoms with Gasteiger partial charge < -0.3 is 10.1 Å². The van der Waals surface area contributed by atoms with Crippen LogP contribution in [-0.4, -0.2) is 20.3 Å². The number of pyridine rings is 2. The van der Waals surface area contributed by atoms with Crippen molar-refractivity contribution in [1.29, 1.82) is 0 Å². The first-order valence-corrected chi connectivity index (χ1v) is 6.38. The van der Waals surface area contributed by atoms with E-state index in [1.165, 1.54) is 0 Å². The van der Waals surface area contributed by atoms with Crippen LogP contribution in [0.4, 0.5) is 0 Å². The van der Waals surface area contributed by atoms with Gasteiger partial charge in [0.1, 0.15) is 16.7 Å². The third-order valence-electron chi connectivity index (χ3n) is 3.06. The highest BCUT2D eigenvalue weighted by Crippen LogP contribution is 2.28. The second-order valence-electron chi connectivity index (χ2n) is 4.35. The third-order valence-corrected chi connectivity index (χ3v) is 3.38. The van der Waals surface area contributed by atoms with E-state index in [9.17, 15) is 4.79 Å². The second kappa shape index (κ2) is 4.94. The summed E-state index contributed by atoms with van der Waals surface area (Å²) in [5.74, 6) is -1.22. The molecule has 0 saturated carbocycles. The fourth-order valence-corrected chi connectivity index (χ4v) is 2.39. The van der Waals surface area contributed by atoms with Crippen molar-refractivity contribution < 1.29 is 4.79 Å². The van der Waals surface area contributed by atoms with Gasteiger partial charge in [-0.1, -0.05) is 23.7 Å². The van der Waals surface area contributed by atoms with Crippen LogP contribution in [0.1, 0.15) is 17.2 Å². The topological polar surface area (TPSA) is 73.3 Å². The highest BCUT2D eigenvalue weighted by atomic mass is 35.5. The zero-order chi connectivity index (χ0) is 14.1. The molecule has 3 aromatic rings. The number of aromatic nitrogens is 3. The first kappa shape index (κ1) is 12.6. The Hall–Kier alpha value is -2.40. The molecule has 3 aromatic heterocycles. The molecule has 0 aliphatic heterocycles. The molecule has 0 aromatic carbocycles. The minimum Gasteiger partial charge on any atom is -0.369 e. The number of nitrogens with two attached hydrogens (primary N) is 1. The van der Waals surface area contributed by atoms with Gasteiger partial charge in [0.2, 0.25) is 5.91 Å². The molecule has 2 N–H and O–H groups in total. The number of carbonyl (C=O) groups excluding carboxylic acids is 1. The first-order valence-electron chi connectivity index (χ1n) is 6.00. The number of imidazole rings is 1. The number of fused-ring (bicyclic) bond motifs is 1. The predicted octanol–water partition coefficient (Wildman–Crippen LogP) is 2.00. The van der Waals surface area contributed by atoms with Gasteiger partial charge in [0, 0.05) is 24.2 Å². The van der Waals surface area contributed by atoms with Crippen LogP contribution in [0.5, 0.6) is 0 Å². The Kier molecular flexibility index (Phi) is 3.12. The van der Waals surface area contributed by atoms with E-state index in [2.05, 4.69) is 9.97 Å². The summed E-state index contributed by atoms with van der Waals surface area (Å²) < 4.78 is 1.83. The summed E-state index contributed by atoms with van der Waals surface area (Å²) in [5, 5.41) is 0.258. The molecule has 1 unspecified atom stereocenters. The fraction of sp³-hybridized carbons (Fsp3) is 0.0714. The average Bonchev–Trinajstić information content (AvgIpc) is 2.84. The van der Waals surface area contributed by atoms with E-state index < -0.39 is 11.8 Å². The maximum Gasteiger partial charge on any atom is 0.231 e. The molecule has 1 atom stereocenters. The van der Waals surface area contributed by atoms with Crippen molar-refractivity contribution in [2.45, 2.75) is 5.92 Å². The number of hydrogen-bond donors (Lipinski definition) is 1. The van der Waals surface area contributed by atoms with Crippen molar-refractivity contribution in [2.24, 2.45) is 5.73 Å². The standard InChI is InChI=1S/C14H11ClN4O/c15-13-9(4-3-6-17-13)12(14(16)20)10-8-19-7-2-1-5-11(19)18-10/h1-8,12H,(H2,16,20). The van der Waals surface area contributed by atoms with E-state index in [1.54, 1.807) is 24.5 Å². The van der Waals surface area contributed by atoms with Gasteiger partial charge in [-0.05, 0) is 18.2 Å². The van der Waals surface area contributed by atoms with Crippen molar-refractivity contribution in [1.82, 2.24) is 14.4 Å². The monoisotopic (exact) mass is 286 g/mol. The third kappa shape index (κ3) is 2.12. The van der Waals surface area contributed by atoms with Crippen LogP contribution in [0.25, 0.3) is 5.65 Å². The molecule has 1 amide bonds. The number of primary amides is 1. The molecular weight excluding hydrogens is 276 g/mol. The molecule has 20 heavy (non-hydrogen) atoms. The smallest absolute Gasteiger partial charge is 0.231 e. The van der Waals surface area contributed by atoms with Gasteiger partial charge in [0.05, 0.1) is 5.69 Å². The molecule has 3 heterocycles. The summed E-state index contributed by atoms with van der Waals surface area (Å²) in [5.41, 5.74) is 7.38. The van der Waals surface area contributed by atoms with Crippen molar-refractivity contribution in [3.05, 3.63) is 65.3 Å². The molecule has 0 aliphatic rings. The number of hydrogen-bond acceptors (Lipinski definition) is 3. The summed E-state index contributed by atoms with van der Waals surface area (Å²) >= 11 is 6.06. The van der Waals surface area contributed by atoms with Crippen LogP contribution >= 0.6 is 11.6 Å². The Morgan fingerprint density at radius 2 is 2.15 bits per heavy atom. The van der Waals surface area contributed by atoms with Gasteiger partial charge in [0.15, 0.2) is 0 Å². The van der Waals surface area contributed by atoms with Crippen molar-refractivity contribution in [3.63, 3.8) is 0 Å². The average molecular weight is 287 g/mol. The first-order chi connectivity index (χ1) is 9.66. The van der Waals surface area contributed by atoms with E-state index in [0.29, 0.717) is 11.3 Å². The highest BCUT2D eigenvalue weighted by Gasteiger charge is 2.25. The number of carbonyl (C=O) groups is 1. The Labute approximate surface area is 120 Å². The van der Waals surface area contributed by atoms with E-state index in [1.807, 2.05) is 28.8 Å². The van der Waals surface area contributed by atoms with Gasteiger partial charge in [-0.25, -0.2) is 9.97 Å². The molecule has 0 aliphatic carbocycles. The summed E-state index contributed by atoms with van der Waals surface area (Å²) in [7, 11) is 0. The van der Waals surface area contributed by atoms with Crippen LogP contribution < -0.4 is 5.73 Å². The van der Waals surface area contributed by atoms with Crippen LogP contribution in [0, 0.1) is 0 Å². The molecule has 0 saturated heterocycles. The highest BCUT2D eigenvalue weighted by molar-refractivity contribution is 6.30. The quantitative estimate of drug-likeness (QED) is 0.749. The van der Waals surface area contributed by atoms with E-state index in [0.717, 1.165) is 5.65 Å². The molecule has 100 valence electrons. The largest absolute Gasteiger partial charge is 0.369 e. The number of amides is 1. The fourth-order valence-electron chi connectivity index (χ4n) is 2.17. The van der Waals surface area contributed by atoms with E-state index in [-0.39, 0.29) is 5.15 Å². The van der Waals surface area contributed by atoms with Crippen molar-refractivity contribution in [2.75, 3.05) is 0 Å². The lowest BCUT2D eigenvalue weighted by Gasteiger charge is -2.11. The lowest BCUT2D eigenvalue weighted by molar-refractivity contribution is -0.118. The normalized spacial score (nSPS) is 12.4. The van der Waals surface area contributed by atoms with Crippen molar-refractivity contribution in [3.8, 4) is 0 Å². The molecule has 0 spiro atoms. The van der Waals surface area contributed by atoms with Crippen LogP contribution in [-0.2, 0) is 4.79 Å². The van der Waals surface area contributed by atoms with Crippen molar-refractivity contribution >= 4 is 23.2 Å². The maximum absolute atomic E-state index is 11.8. The maximum atomic E-state index is 11.8. The van der Waals surface area contributed by atoms with E-state index in [4.69, 9.17) is 17.3 Å². The molecule has 0 bridgehead atoms. The molecule has 5 nitrogen and oxygen atoms in total. The van der Waals surface area contributed by atoms with Crippen LogP contribution in [0.3, 0.4) is 0 Å². The Morgan fingerprint density at radius 1 is 1.30 bits per heavy atom. The minimum absolute atomic E-state index is 0.258. The zero-order valence-electron chi connectivity index (χ0n) is 10.4. The molecule has 3 rings (SSSR count). The lowest BCUT2D eigenvalue weighted by atomic mass is 9.97. The molecule has 6 heteroatoms. The van der Waals surface area contributed by atoms with Gasteiger partial charge in [-0.2, -0.15) is 0 Å². The Morgan fingerprint density at radius 3 is 2.85 bits per heavy atom. The Bertz CT molecular complexity index is 750. The van der Waals surface area contributed by atoms with Gasteiger partial charge in [0.25, 0.3) is 0 Å². The number of nitrogens with zero attached hydrogens (tertiary/aromatic N) is 3. The second-order valence-corrected chi connectivity index (χ2v) is 4.71. The predicted molar refractivity (Wildman–Crippen MR) is 75.5 cm³/mol. The molecular formula is C14H11ClN4O. The minimum atomic E-state index is -0.712. The SMILES string of the molecule is NC(=O)C(c1cn2ccccc2n1)c1cccnc1Cl. The van der Waals surface area contributed by atoms with Gasteiger partial charge in [-0.15, -0.1) is 0 Å². The molecule has 0 fully saturated rings. The zero-order valence-corrected chi connectivity index (χ0v) is 11.2. The Balaban J connectivity index is 2.16. The number of rotatable bonds is 3. The summed E-state index contributed by atoms with van der Waals surface area (Å²) in [6.45, 7) is 0. The summed E-state index contributed by atoms with van der Waals surface area (Å²) in [4.78, 5) is 20.2. The van der Waals surface area contributed by atoms with Crippen LogP contribution in [0.2, 0.25) is 5.15 Å². The number of halogens is 1. The summed E-state index contributed by atoms with van der Waals surface area (Å²) in [6.07, 6.45) is 5.19. The van der Waals surface area contributed by atoms with Crippen LogP contribution in [0.15, 0.2) is 48.9 Å². The van der Waals surface area contributed by atoms with E-state index >= 15 is 0 Å². The lowest BCUT2D eigenvalue weighted by Crippen LogP contribution is -2.23. The van der Waals surface area contributed by atoms with Gasteiger partial charge >= 0.3 is 0 Å². The summed E-state index contributed by atoms with van der Waals surface area (Å²) in [6, 6.07) is 9.06.